The highest BCUT2D eigenvalue weighted by atomic mass is 127. The van der Waals surface area contributed by atoms with Crippen LogP contribution in [0.25, 0.3) is 0 Å². The predicted molar refractivity (Wildman–Crippen MR) is 96.2 cm³/mol. The van der Waals surface area contributed by atoms with Crippen LogP contribution in [0.15, 0.2) is 23.2 Å². The second-order valence-corrected chi connectivity index (χ2v) is 4.47. The Kier molecular flexibility index (Phi) is 7.96. The number of guanidine groups is 1. The first-order valence-corrected chi connectivity index (χ1v) is 6.79. The van der Waals surface area contributed by atoms with Crippen LogP contribution in [0.4, 0.5) is 5.69 Å². The van der Waals surface area contributed by atoms with E-state index in [1.54, 1.807) is 18.2 Å². The van der Waals surface area contributed by atoms with Crippen molar-refractivity contribution in [2.45, 2.75) is 6.42 Å². The summed E-state index contributed by atoms with van der Waals surface area (Å²) in [6, 6.07) is 7.14. The maximum atomic E-state index is 11.3. The molecule has 124 valence electrons. The van der Waals surface area contributed by atoms with Crippen molar-refractivity contribution in [3.8, 4) is 17.6 Å². The minimum atomic E-state index is -0.370. The highest BCUT2D eigenvalue weighted by Crippen LogP contribution is 2.32. The van der Waals surface area contributed by atoms with Gasteiger partial charge in [0.25, 0.3) is 0 Å². The van der Waals surface area contributed by atoms with E-state index in [2.05, 4.69) is 15.6 Å². The van der Waals surface area contributed by atoms with Gasteiger partial charge >= 0.3 is 0 Å². The molecule has 0 atom stereocenters. The van der Waals surface area contributed by atoms with Crippen LogP contribution < -0.4 is 25.8 Å². The molecule has 0 aliphatic carbocycles. The van der Waals surface area contributed by atoms with Gasteiger partial charge in [0.1, 0.15) is 13.1 Å². The van der Waals surface area contributed by atoms with E-state index < -0.39 is 0 Å². The molecular formula is C14H18IN5O3. The molecular weight excluding hydrogens is 413 g/mol. The lowest BCUT2D eigenvalue weighted by atomic mass is 10.3. The number of hydrogen-bond donors (Lipinski definition) is 3. The molecule has 0 aromatic heterocycles. The average molecular weight is 431 g/mol. The van der Waals surface area contributed by atoms with Crippen LogP contribution in [0.2, 0.25) is 0 Å². The Hall–Kier alpha value is -2.22. The summed E-state index contributed by atoms with van der Waals surface area (Å²) in [5, 5.41) is 13.6. The van der Waals surface area contributed by atoms with Crippen molar-refractivity contribution in [1.29, 1.82) is 5.26 Å². The third-order valence-electron chi connectivity index (χ3n) is 2.78. The number of nitrogens with two attached hydrogens (primary N) is 1. The molecule has 1 aromatic rings. The predicted octanol–water partition coefficient (Wildman–Crippen LogP) is 0.832. The molecule has 0 saturated carbocycles. The number of nitriles is 1. The third-order valence-corrected chi connectivity index (χ3v) is 2.78. The highest BCUT2D eigenvalue weighted by molar-refractivity contribution is 14.0. The minimum Gasteiger partial charge on any atom is -0.490 e. The molecule has 4 N–H and O–H groups in total. The van der Waals surface area contributed by atoms with Gasteiger partial charge in [0.05, 0.1) is 19.3 Å². The number of anilines is 1. The number of halogens is 1. The first-order chi connectivity index (χ1) is 10.7. The zero-order valence-electron chi connectivity index (χ0n) is 12.4. The van der Waals surface area contributed by atoms with Gasteiger partial charge in [-0.2, -0.15) is 5.26 Å². The number of nitrogens with one attached hydrogen (secondary N) is 2. The lowest BCUT2D eigenvalue weighted by molar-refractivity contribution is -0.119. The van der Waals surface area contributed by atoms with Gasteiger partial charge in [0.2, 0.25) is 5.91 Å². The largest absolute Gasteiger partial charge is 0.490 e. The second kappa shape index (κ2) is 9.73. The smallest absolute Gasteiger partial charge is 0.242 e. The van der Waals surface area contributed by atoms with Gasteiger partial charge < -0.3 is 25.8 Å². The van der Waals surface area contributed by atoms with Gasteiger partial charge in [-0.3, -0.25) is 4.79 Å². The second-order valence-electron chi connectivity index (χ2n) is 4.47. The minimum absolute atomic E-state index is 0. The number of rotatable bonds is 4. The van der Waals surface area contributed by atoms with Gasteiger partial charge in [0.15, 0.2) is 17.5 Å². The SMILES string of the molecule is I.N#CCNC(=O)CN=C(N)Nc1ccc2c(c1)OCCCO2. The first kappa shape index (κ1) is 18.8. The fourth-order valence-corrected chi connectivity index (χ4v) is 1.78. The summed E-state index contributed by atoms with van der Waals surface area (Å²) in [6.07, 6.45) is 0.832. The fourth-order valence-electron chi connectivity index (χ4n) is 1.78. The lowest BCUT2D eigenvalue weighted by Gasteiger charge is -2.10. The van der Waals surface area contributed by atoms with Crippen molar-refractivity contribution in [3.05, 3.63) is 18.2 Å². The van der Waals surface area contributed by atoms with Gasteiger partial charge in [-0.15, -0.1) is 24.0 Å². The monoisotopic (exact) mass is 431 g/mol. The molecule has 9 heteroatoms. The maximum absolute atomic E-state index is 11.3. The molecule has 0 unspecified atom stereocenters. The molecule has 1 amide bonds. The maximum Gasteiger partial charge on any atom is 0.242 e. The van der Waals surface area contributed by atoms with Crippen molar-refractivity contribution >= 4 is 41.5 Å². The topological polar surface area (TPSA) is 122 Å². The molecule has 0 spiro atoms. The van der Waals surface area contributed by atoms with E-state index in [9.17, 15) is 4.79 Å². The molecule has 2 rings (SSSR count). The summed E-state index contributed by atoms with van der Waals surface area (Å²) in [4.78, 5) is 15.2. The Morgan fingerprint density at radius 1 is 1.35 bits per heavy atom. The number of nitrogens with zero attached hydrogens (tertiary/aromatic N) is 2. The van der Waals surface area contributed by atoms with Gasteiger partial charge in [-0.05, 0) is 12.1 Å². The van der Waals surface area contributed by atoms with Crippen LogP contribution >= 0.6 is 24.0 Å². The van der Waals surface area contributed by atoms with Crippen LogP contribution in [-0.4, -0.2) is 38.2 Å². The zero-order valence-corrected chi connectivity index (χ0v) is 14.7. The van der Waals surface area contributed by atoms with E-state index in [-0.39, 0.29) is 48.9 Å². The van der Waals surface area contributed by atoms with Crippen molar-refractivity contribution in [2.24, 2.45) is 10.7 Å². The number of amides is 1. The normalized spacial score (nSPS) is 13.1. The number of hydrogen-bond acceptors (Lipinski definition) is 5. The molecule has 1 aromatic carbocycles. The molecule has 1 aliphatic rings. The van der Waals surface area contributed by atoms with Crippen molar-refractivity contribution in [2.75, 3.05) is 31.6 Å². The third kappa shape index (κ3) is 6.19. The van der Waals surface area contributed by atoms with E-state index in [0.717, 1.165) is 6.42 Å². The molecule has 0 bridgehead atoms. The summed E-state index contributed by atoms with van der Waals surface area (Å²) in [5.74, 6) is 1.06. The Bertz CT molecular complexity index is 615. The number of benzene rings is 1. The van der Waals surface area contributed by atoms with E-state index in [4.69, 9.17) is 20.5 Å². The van der Waals surface area contributed by atoms with Crippen LogP contribution in [0.3, 0.4) is 0 Å². The van der Waals surface area contributed by atoms with Crippen LogP contribution in [0.1, 0.15) is 6.42 Å². The number of aliphatic imine (C=N–C) groups is 1. The molecule has 0 radical (unpaired) electrons. The number of carbonyl (C=O) groups excluding carboxylic acids is 1. The van der Waals surface area contributed by atoms with E-state index >= 15 is 0 Å². The van der Waals surface area contributed by atoms with Gasteiger partial charge in [0, 0.05) is 18.2 Å². The Balaban J connectivity index is 0.00000264. The fraction of sp³-hybridized carbons (Fsp3) is 0.357. The Morgan fingerprint density at radius 2 is 2.09 bits per heavy atom. The summed E-state index contributed by atoms with van der Waals surface area (Å²) in [6.45, 7) is 1.02. The van der Waals surface area contributed by atoms with Gasteiger partial charge in [-0.1, -0.05) is 0 Å². The Labute approximate surface area is 151 Å². The summed E-state index contributed by atoms with van der Waals surface area (Å²) < 4.78 is 11.1. The number of fused-ring (bicyclic) bond motifs is 1. The molecule has 8 nitrogen and oxygen atoms in total. The van der Waals surface area contributed by atoms with E-state index in [1.165, 1.54) is 0 Å². The summed E-state index contributed by atoms with van der Waals surface area (Å²) >= 11 is 0. The summed E-state index contributed by atoms with van der Waals surface area (Å²) in [5.41, 5.74) is 6.39. The first-order valence-electron chi connectivity index (χ1n) is 6.79. The van der Waals surface area contributed by atoms with Crippen LogP contribution in [0, 0.1) is 11.3 Å². The van der Waals surface area contributed by atoms with Crippen molar-refractivity contribution < 1.29 is 14.3 Å². The van der Waals surface area contributed by atoms with Crippen molar-refractivity contribution in [3.63, 3.8) is 0 Å². The van der Waals surface area contributed by atoms with E-state index in [0.29, 0.717) is 30.4 Å². The van der Waals surface area contributed by atoms with Gasteiger partial charge in [-0.25, -0.2) is 4.99 Å². The highest BCUT2D eigenvalue weighted by Gasteiger charge is 2.10. The van der Waals surface area contributed by atoms with Crippen molar-refractivity contribution in [1.82, 2.24) is 5.32 Å². The van der Waals surface area contributed by atoms with Crippen LogP contribution in [0.5, 0.6) is 11.5 Å². The zero-order chi connectivity index (χ0) is 15.8. The quantitative estimate of drug-likeness (QED) is 0.281. The molecule has 1 heterocycles. The number of carbonyl (C=O) groups is 1. The Morgan fingerprint density at radius 3 is 2.83 bits per heavy atom. The van der Waals surface area contributed by atoms with Crippen LogP contribution in [-0.2, 0) is 4.79 Å². The molecule has 1 aliphatic heterocycles. The lowest BCUT2D eigenvalue weighted by Crippen LogP contribution is -2.29. The number of ether oxygens (including phenoxy) is 2. The standard InChI is InChI=1S/C14H17N5O3.HI/c15-4-5-17-13(20)9-18-14(16)19-10-2-3-11-12(8-10)22-7-1-6-21-11;/h2-3,8H,1,5-7,9H2,(H,17,20)(H3,16,18,19);1H. The molecule has 0 fully saturated rings. The van der Waals surface area contributed by atoms with E-state index in [1.807, 2.05) is 6.07 Å². The molecule has 0 saturated heterocycles. The summed E-state index contributed by atoms with van der Waals surface area (Å²) in [7, 11) is 0. The average Bonchev–Trinajstić information content (AvgIpc) is 2.75. The molecule has 23 heavy (non-hydrogen) atoms.